The van der Waals surface area contributed by atoms with Gasteiger partial charge in [0.1, 0.15) is 17.9 Å². The minimum atomic E-state index is -0.682. The van der Waals surface area contributed by atoms with Crippen LogP contribution in [-0.2, 0) is 31.9 Å². The lowest BCUT2D eigenvalue weighted by Crippen LogP contribution is -2.53. The van der Waals surface area contributed by atoms with E-state index in [4.69, 9.17) is 19.5 Å². The third kappa shape index (κ3) is 7.88. The maximum Gasteiger partial charge on any atom is 0.407 e. The van der Waals surface area contributed by atoms with Crippen LogP contribution in [0.3, 0.4) is 0 Å². The topological polar surface area (TPSA) is 158 Å². The van der Waals surface area contributed by atoms with Crippen LogP contribution in [0.2, 0.25) is 0 Å². The maximum absolute atomic E-state index is 13.8. The molecule has 4 aromatic rings. The van der Waals surface area contributed by atoms with Gasteiger partial charge in [0.05, 0.1) is 43.9 Å². The average molecular weight is 854 g/mol. The number of fused-ring (bicyclic) bond motifs is 4. The molecule has 3 fully saturated rings. The number of rotatable bonds is 11. The fourth-order valence-corrected chi connectivity index (χ4v) is 10.8. The van der Waals surface area contributed by atoms with E-state index in [2.05, 4.69) is 70.2 Å². The number of carbonyl (C=O) groups excluding carboxylic acids is 4. The Kier molecular flexibility index (Phi) is 11.6. The molecule has 2 saturated heterocycles. The number of benzene rings is 3. The summed E-state index contributed by atoms with van der Waals surface area (Å²) in [6.07, 6.45) is 8.31. The summed E-state index contributed by atoms with van der Waals surface area (Å²) < 4.78 is 9.62. The molecule has 0 bridgehead atoms. The Morgan fingerprint density at radius 3 is 1.95 bits per heavy atom. The number of nitrogens with one attached hydrogen (secondary N) is 3. The highest BCUT2D eigenvalue weighted by molar-refractivity contribution is 6.01. The first-order chi connectivity index (χ1) is 30.4. The number of likely N-dealkylation sites (tertiary alicyclic amines) is 2. The Morgan fingerprint density at radius 1 is 0.730 bits per heavy atom. The van der Waals surface area contributed by atoms with E-state index in [1.165, 1.54) is 66.0 Å². The van der Waals surface area contributed by atoms with Gasteiger partial charge in [-0.05, 0) is 125 Å². The van der Waals surface area contributed by atoms with Gasteiger partial charge in [0.15, 0.2) is 0 Å². The van der Waals surface area contributed by atoms with Crippen LogP contribution in [0.15, 0.2) is 65.8 Å². The first-order valence-electron chi connectivity index (χ1n) is 22.8. The van der Waals surface area contributed by atoms with Gasteiger partial charge >= 0.3 is 12.2 Å². The van der Waals surface area contributed by atoms with Crippen LogP contribution in [0.1, 0.15) is 101 Å². The van der Waals surface area contributed by atoms with Crippen molar-refractivity contribution in [2.45, 2.75) is 109 Å². The number of amides is 4. The van der Waals surface area contributed by atoms with Crippen molar-refractivity contribution in [2.24, 2.45) is 22.7 Å². The summed E-state index contributed by atoms with van der Waals surface area (Å²) in [6.45, 7) is 8.96. The van der Waals surface area contributed by atoms with Crippen molar-refractivity contribution in [3.05, 3.63) is 83.3 Å². The number of aromatic amines is 1. The number of imidazole rings is 1. The van der Waals surface area contributed by atoms with E-state index < -0.39 is 24.3 Å². The molecule has 3 N–H and O–H groups in total. The van der Waals surface area contributed by atoms with E-state index in [1.807, 2.05) is 43.7 Å². The molecular weight excluding hydrogens is 795 g/mol. The normalized spacial score (nSPS) is 21.9. The molecule has 9 rings (SSSR count). The highest BCUT2D eigenvalue weighted by Crippen LogP contribution is 2.56. The summed E-state index contributed by atoms with van der Waals surface area (Å²) in [5.41, 5.74) is 13.1. The smallest absolute Gasteiger partial charge is 0.407 e. The minimum Gasteiger partial charge on any atom is -0.453 e. The molecule has 0 radical (unpaired) electrons. The number of methoxy groups -OCH3 is 2. The van der Waals surface area contributed by atoms with E-state index in [9.17, 15) is 19.2 Å². The molecule has 1 saturated carbocycles. The molecular formula is C50H59N7O6. The number of hydrogen-bond acceptors (Lipinski definition) is 8. The van der Waals surface area contributed by atoms with E-state index >= 15 is 0 Å². The molecule has 13 heteroatoms. The van der Waals surface area contributed by atoms with Crippen LogP contribution in [0.4, 0.5) is 15.3 Å². The molecule has 63 heavy (non-hydrogen) atoms. The highest BCUT2D eigenvalue weighted by atomic mass is 16.5. The second-order valence-corrected chi connectivity index (χ2v) is 18.7. The van der Waals surface area contributed by atoms with Crippen LogP contribution in [0.25, 0.3) is 33.5 Å². The molecule has 4 heterocycles. The number of aromatic nitrogens is 2. The second-order valence-electron chi connectivity index (χ2n) is 18.7. The third-order valence-corrected chi connectivity index (χ3v) is 14.3. The van der Waals surface area contributed by atoms with Crippen LogP contribution >= 0.6 is 0 Å². The summed E-state index contributed by atoms with van der Waals surface area (Å²) in [6, 6.07) is 18.4. The first kappa shape index (κ1) is 42.3. The first-order valence-corrected chi connectivity index (χ1v) is 22.8. The predicted molar refractivity (Wildman–Crippen MR) is 242 cm³/mol. The number of H-pyrrole nitrogens is 1. The molecule has 2 aliphatic carbocycles. The molecule has 0 spiro atoms. The van der Waals surface area contributed by atoms with Crippen molar-refractivity contribution in [1.82, 2.24) is 30.4 Å². The standard InChI is InChI=1S/C50H59N7O6/c1-27(2)44(54-49(60)62-5)47(58)56-21-7-9-41(56)39-25-33-23-31(16-20-38(33)52-39)34-18-19-35(43-36-17-15-32(36)24-37(34)43)29-11-13-30(14-12-29)40-26-51-46(53-40)42-10-8-22-57(42)48(59)45(28(3)4)55-50(61)63-6/h11-14,16,18-20,23,26-28,32,36,41-42,44-45H,7-10,15,17,21-22,24-25H2,1-6H3,(H,51,53)(H,54,60)(H,55,61). The molecule has 13 nitrogen and oxygen atoms in total. The molecule has 6 atom stereocenters. The van der Waals surface area contributed by atoms with Gasteiger partial charge in [-0.3, -0.25) is 14.6 Å². The van der Waals surface area contributed by atoms with Crippen molar-refractivity contribution < 1.29 is 28.7 Å². The van der Waals surface area contributed by atoms with Gasteiger partial charge in [-0.25, -0.2) is 14.6 Å². The monoisotopic (exact) mass is 853 g/mol. The molecule has 3 aromatic carbocycles. The van der Waals surface area contributed by atoms with Crippen molar-refractivity contribution >= 4 is 35.4 Å². The Hall–Kier alpha value is -5.98. The van der Waals surface area contributed by atoms with Crippen molar-refractivity contribution in [3.8, 4) is 33.5 Å². The number of aliphatic imine (C=N–C) groups is 1. The lowest BCUT2D eigenvalue weighted by atomic mass is 9.73. The number of hydrogen-bond donors (Lipinski definition) is 3. The number of nitrogens with zero attached hydrogens (tertiary/aromatic N) is 4. The van der Waals surface area contributed by atoms with Gasteiger partial charge in [-0.2, -0.15) is 0 Å². The molecule has 330 valence electrons. The van der Waals surface area contributed by atoms with Gasteiger partial charge in [0.2, 0.25) is 11.8 Å². The molecule has 6 unspecified atom stereocenters. The third-order valence-electron chi connectivity index (χ3n) is 14.3. The Bertz CT molecular complexity index is 2460. The number of alkyl carbamates (subject to hydrolysis) is 2. The fraction of sp³-hybridized carbons (Fsp3) is 0.480. The number of carbonyl (C=O) groups is 4. The van der Waals surface area contributed by atoms with Gasteiger partial charge in [-0.15, -0.1) is 0 Å². The predicted octanol–water partition coefficient (Wildman–Crippen LogP) is 8.50. The summed E-state index contributed by atoms with van der Waals surface area (Å²) in [5.74, 6) is 1.60. The quantitative estimate of drug-likeness (QED) is 0.137. The van der Waals surface area contributed by atoms with Gasteiger partial charge in [0.25, 0.3) is 0 Å². The second kappa shape index (κ2) is 17.3. The summed E-state index contributed by atoms with van der Waals surface area (Å²) in [7, 11) is 2.62. The van der Waals surface area contributed by atoms with Crippen LogP contribution in [0, 0.1) is 17.8 Å². The zero-order valence-corrected chi connectivity index (χ0v) is 37.2. The Labute approximate surface area is 369 Å². The maximum atomic E-state index is 13.8. The molecule has 4 amide bonds. The molecule has 5 aliphatic rings. The summed E-state index contributed by atoms with van der Waals surface area (Å²) in [4.78, 5) is 68.8. The van der Waals surface area contributed by atoms with Gasteiger partial charge in [-0.1, -0.05) is 70.2 Å². The van der Waals surface area contributed by atoms with Crippen LogP contribution < -0.4 is 10.6 Å². The highest BCUT2D eigenvalue weighted by Gasteiger charge is 2.43. The summed E-state index contributed by atoms with van der Waals surface area (Å²) in [5, 5.41) is 5.48. The lowest BCUT2D eigenvalue weighted by molar-refractivity contribution is -0.135. The van der Waals surface area contributed by atoms with Crippen molar-refractivity contribution in [1.29, 1.82) is 0 Å². The van der Waals surface area contributed by atoms with Gasteiger partial charge < -0.3 is 34.9 Å². The van der Waals surface area contributed by atoms with E-state index in [-0.39, 0.29) is 35.7 Å². The molecule has 3 aliphatic heterocycles. The minimum absolute atomic E-state index is 0.0820. The van der Waals surface area contributed by atoms with Crippen molar-refractivity contribution in [2.75, 3.05) is 27.3 Å². The van der Waals surface area contributed by atoms with Crippen LogP contribution in [0.5, 0.6) is 0 Å². The Balaban J connectivity index is 0.920. The van der Waals surface area contributed by atoms with Crippen LogP contribution in [-0.4, -0.2) is 94.9 Å². The lowest BCUT2D eigenvalue weighted by Gasteiger charge is -2.31. The zero-order chi connectivity index (χ0) is 44.1. The van der Waals surface area contributed by atoms with Gasteiger partial charge in [0, 0.05) is 25.2 Å². The SMILES string of the molecule is COC(=O)NC(C(=O)N1CCCC1C1=Nc2ccc(-c3ccc(-c4ccc(-c5cnc(C6CCCN6C(=O)C(NC(=O)OC)C(C)C)[nH]5)cc4)c4c3CC3CCC43)cc2C1)C(C)C. The van der Waals surface area contributed by atoms with E-state index in [1.54, 1.807) is 0 Å². The summed E-state index contributed by atoms with van der Waals surface area (Å²) >= 11 is 0. The van der Waals surface area contributed by atoms with E-state index in [0.29, 0.717) is 31.3 Å². The largest absolute Gasteiger partial charge is 0.453 e. The zero-order valence-electron chi connectivity index (χ0n) is 37.2. The van der Waals surface area contributed by atoms with E-state index in [0.717, 1.165) is 60.6 Å². The average Bonchev–Trinajstić information content (AvgIpc) is 4.13. The fourth-order valence-electron chi connectivity index (χ4n) is 10.8. The Morgan fingerprint density at radius 2 is 1.33 bits per heavy atom. The number of ether oxygens (including phenoxy) is 2. The van der Waals surface area contributed by atoms with Crippen molar-refractivity contribution in [3.63, 3.8) is 0 Å². The molecule has 1 aromatic heterocycles.